The Morgan fingerprint density at radius 3 is 2.79 bits per heavy atom. The van der Waals surface area contributed by atoms with Gasteiger partial charge in [-0.1, -0.05) is 18.2 Å². The first-order valence-corrected chi connectivity index (χ1v) is 5.69. The van der Waals surface area contributed by atoms with Crippen LogP contribution < -0.4 is 5.32 Å². The monoisotopic (exact) mass is 263 g/mol. The van der Waals surface area contributed by atoms with Crippen molar-refractivity contribution < 1.29 is 13.9 Å². The summed E-state index contributed by atoms with van der Waals surface area (Å²) < 4.78 is 20.1. The Hall–Kier alpha value is -2.37. The highest BCUT2D eigenvalue weighted by Gasteiger charge is 2.24. The minimum Gasteiger partial charge on any atom is -0.467 e. The third-order valence-electron chi connectivity index (χ3n) is 2.67. The summed E-state index contributed by atoms with van der Waals surface area (Å²) in [6, 6.07) is 5.17. The summed E-state index contributed by atoms with van der Waals surface area (Å²) in [5, 5.41) is 6.89. The zero-order chi connectivity index (χ0) is 13.8. The van der Waals surface area contributed by atoms with E-state index in [1.165, 1.54) is 13.2 Å². The lowest BCUT2D eigenvalue weighted by molar-refractivity contribution is -0.141. The number of nitrogens with zero attached hydrogens (tertiary/aromatic N) is 2. The van der Waals surface area contributed by atoms with Crippen LogP contribution >= 0.6 is 0 Å². The van der Waals surface area contributed by atoms with Gasteiger partial charge in [0, 0.05) is 18.8 Å². The quantitative estimate of drug-likeness (QED) is 0.856. The molecule has 2 rings (SSSR count). The topological polar surface area (TPSA) is 56.1 Å². The molecular weight excluding hydrogens is 249 g/mol. The second kappa shape index (κ2) is 5.51. The number of aromatic nitrogens is 2. The van der Waals surface area contributed by atoms with Gasteiger partial charge < -0.3 is 10.1 Å². The lowest BCUT2D eigenvalue weighted by Crippen LogP contribution is -2.23. The maximum absolute atomic E-state index is 13.8. The predicted molar refractivity (Wildman–Crippen MR) is 68.0 cm³/mol. The molecule has 0 saturated heterocycles. The molecular formula is C13H14FN3O2. The van der Waals surface area contributed by atoms with Crippen LogP contribution in [0, 0.1) is 5.82 Å². The lowest BCUT2D eigenvalue weighted by Gasteiger charge is -2.17. The van der Waals surface area contributed by atoms with Gasteiger partial charge in [-0.15, -0.1) is 0 Å². The number of nitrogens with one attached hydrogen (secondary N) is 1. The number of esters is 1. The Kier molecular flexibility index (Phi) is 3.79. The molecule has 19 heavy (non-hydrogen) atoms. The van der Waals surface area contributed by atoms with Crippen LogP contribution in [0.15, 0.2) is 36.7 Å². The lowest BCUT2D eigenvalue weighted by atomic mass is 10.1. The number of methoxy groups -OCH3 is 1. The van der Waals surface area contributed by atoms with E-state index in [9.17, 15) is 9.18 Å². The zero-order valence-corrected chi connectivity index (χ0v) is 10.6. The van der Waals surface area contributed by atoms with Gasteiger partial charge in [-0.25, -0.2) is 9.18 Å². The zero-order valence-electron chi connectivity index (χ0n) is 10.6. The Morgan fingerprint density at radius 1 is 1.47 bits per heavy atom. The van der Waals surface area contributed by atoms with E-state index in [0.717, 1.165) is 0 Å². The second-order valence-electron chi connectivity index (χ2n) is 4.02. The Balaban J connectivity index is 2.31. The molecule has 0 radical (unpaired) electrons. The Bertz CT molecular complexity index is 583. The van der Waals surface area contributed by atoms with Gasteiger partial charge in [-0.2, -0.15) is 5.10 Å². The number of benzene rings is 1. The molecule has 1 aromatic carbocycles. The number of aryl methyl sites for hydroxylation is 1. The first-order valence-electron chi connectivity index (χ1n) is 5.69. The van der Waals surface area contributed by atoms with Crippen LogP contribution in [-0.2, 0) is 16.6 Å². The van der Waals surface area contributed by atoms with Gasteiger partial charge in [0.2, 0.25) is 0 Å². The van der Waals surface area contributed by atoms with Crippen molar-refractivity contribution in [3.8, 4) is 0 Å². The molecule has 0 spiro atoms. The first kappa shape index (κ1) is 13.1. The highest BCUT2D eigenvalue weighted by molar-refractivity contribution is 5.81. The molecule has 0 bridgehead atoms. The number of rotatable bonds is 4. The average molecular weight is 263 g/mol. The number of halogens is 1. The highest BCUT2D eigenvalue weighted by atomic mass is 19.1. The van der Waals surface area contributed by atoms with Crippen LogP contribution in [0.4, 0.5) is 10.1 Å². The summed E-state index contributed by atoms with van der Waals surface area (Å²) in [5.41, 5.74) is 0.847. The third kappa shape index (κ3) is 2.90. The van der Waals surface area contributed by atoms with Crippen LogP contribution in [0.3, 0.4) is 0 Å². The molecule has 1 N–H and O–H groups in total. The van der Waals surface area contributed by atoms with Crippen LogP contribution in [0.25, 0.3) is 0 Å². The number of ether oxygens (including phenoxy) is 1. The standard InChI is InChI=1S/C13H14FN3O2/c1-17-8-9(7-15-17)16-12(13(18)19-2)10-5-3-4-6-11(10)14/h3-8,12,16H,1-2H3/t12-/m1/s1. The van der Waals surface area contributed by atoms with Crippen LogP contribution in [0.1, 0.15) is 11.6 Å². The average Bonchev–Trinajstić information content (AvgIpc) is 2.82. The van der Waals surface area contributed by atoms with E-state index >= 15 is 0 Å². The van der Waals surface area contributed by atoms with Crippen molar-refractivity contribution in [2.24, 2.45) is 7.05 Å². The number of carbonyl (C=O) groups is 1. The maximum atomic E-state index is 13.8. The van der Waals surface area contributed by atoms with Gasteiger partial charge in [-0.3, -0.25) is 4.68 Å². The van der Waals surface area contributed by atoms with Gasteiger partial charge in [0.1, 0.15) is 5.82 Å². The van der Waals surface area contributed by atoms with Gasteiger partial charge >= 0.3 is 5.97 Å². The van der Waals surface area contributed by atoms with E-state index in [1.807, 2.05) is 0 Å². The number of hydrogen-bond donors (Lipinski definition) is 1. The fraction of sp³-hybridized carbons (Fsp3) is 0.231. The van der Waals surface area contributed by atoms with Crippen LogP contribution in [0.2, 0.25) is 0 Å². The summed E-state index contributed by atoms with van der Waals surface area (Å²) in [6.07, 6.45) is 3.24. The second-order valence-corrected chi connectivity index (χ2v) is 4.02. The summed E-state index contributed by atoms with van der Waals surface area (Å²) in [5.74, 6) is -1.02. The van der Waals surface area contributed by atoms with Crippen molar-refractivity contribution in [1.29, 1.82) is 0 Å². The Labute approximate surface area is 110 Å². The smallest absolute Gasteiger partial charge is 0.333 e. The molecule has 6 heteroatoms. The highest BCUT2D eigenvalue weighted by Crippen LogP contribution is 2.22. The summed E-state index contributed by atoms with van der Waals surface area (Å²) >= 11 is 0. The van der Waals surface area contributed by atoms with E-state index in [-0.39, 0.29) is 5.56 Å². The minimum atomic E-state index is -0.907. The minimum absolute atomic E-state index is 0.234. The molecule has 0 aliphatic heterocycles. The van der Waals surface area contributed by atoms with Gasteiger partial charge in [0.15, 0.2) is 6.04 Å². The molecule has 0 unspecified atom stereocenters. The molecule has 1 heterocycles. The molecule has 0 amide bonds. The van der Waals surface area contributed by atoms with E-state index < -0.39 is 17.8 Å². The van der Waals surface area contributed by atoms with Crippen molar-refractivity contribution in [3.63, 3.8) is 0 Å². The summed E-state index contributed by atoms with van der Waals surface area (Å²) in [4.78, 5) is 11.8. The van der Waals surface area contributed by atoms with Gasteiger partial charge in [-0.05, 0) is 6.07 Å². The van der Waals surface area contributed by atoms with Crippen molar-refractivity contribution in [3.05, 3.63) is 48.0 Å². The molecule has 0 fully saturated rings. The molecule has 1 atom stereocenters. The molecule has 2 aromatic rings. The third-order valence-corrected chi connectivity index (χ3v) is 2.67. The fourth-order valence-electron chi connectivity index (χ4n) is 1.75. The fourth-order valence-corrected chi connectivity index (χ4v) is 1.75. The number of anilines is 1. The first-order chi connectivity index (χ1) is 9.11. The summed E-state index contributed by atoms with van der Waals surface area (Å²) in [6.45, 7) is 0. The molecule has 0 saturated carbocycles. The maximum Gasteiger partial charge on any atom is 0.333 e. The molecule has 1 aromatic heterocycles. The summed E-state index contributed by atoms with van der Waals surface area (Å²) in [7, 11) is 3.02. The van der Waals surface area contributed by atoms with Gasteiger partial charge in [0.05, 0.1) is 19.0 Å². The van der Waals surface area contributed by atoms with E-state index in [2.05, 4.69) is 10.4 Å². The van der Waals surface area contributed by atoms with E-state index in [4.69, 9.17) is 4.74 Å². The van der Waals surface area contributed by atoms with Crippen LogP contribution in [-0.4, -0.2) is 22.9 Å². The van der Waals surface area contributed by atoms with Crippen molar-refractivity contribution in [2.45, 2.75) is 6.04 Å². The number of hydrogen-bond acceptors (Lipinski definition) is 4. The molecule has 100 valence electrons. The SMILES string of the molecule is COC(=O)[C@H](Nc1cnn(C)c1)c1ccccc1F. The van der Waals surface area contributed by atoms with E-state index in [0.29, 0.717) is 5.69 Å². The van der Waals surface area contributed by atoms with Crippen molar-refractivity contribution >= 4 is 11.7 Å². The molecule has 0 aliphatic carbocycles. The van der Waals surface area contributed by atoms with Crippen molar-refractivity contribution in [2.75, 3.05) is 12.4 Å². The van der Waals surface area contributed by atoms with Crippen molar-refractivity contribution in [1.82, 2.24) is 9.78 Å². The normalized spacial score (nSPS) is 11.9. The number of carbonyl (C=O) groups excluding carboxylic acids is 1. The van der Waals surface area contributed by atoms with Crippen LogP contribution in [0.5, 0.6) is 0 Å². The molecule has 0 aliphatic rings. The van der Waals surface area contributed by atoms with E-state index in [1.54, 1.807) is 42.3 Å². The molecule has 5 nitrogen and oxygen atoms in total. The van der Waals surface area contributed by atoms with Gasteiger partial charge in [0.25, 0.3) is 0 Å². The Morgan fingerprint density at radius 2 is 2.21 bits per heavy atom. The largest absolute Gasteiger partial charge is 0.467 e. The predicted octanol–water partition coefficient (Wildman–Crippen LogP) is 1.89.